The van der Waals surface area contributed by atoms with Crippen molar-refractivity contribution in [3.05, 3.63) is 51.9 Å². The summed E-state index contributed by atoms with van der Waals surface area (Å²) in [6.07, 6.45) is 4.01. The second kappa shape index (κ2) is 11.6. The fraction of sp³-hybridized carbons (Fsp3) is 0.536. The molecule has 1 aliphatic heterocycles. The van der Waals surface area contributed by atoms with Gasteiger partial charge in [-0.25, -0.2) is 4.98 Å². The van der Waals surface area contributed by atoms with Crippen LogP contribution >= 0.6 is 0 Å². The number of aliphatic hydroxyl groups is 1. The zero-order chi connectivity index (χ0) is 26.7. The van der Waals surface area contributed by atoms with Crippen LogP contribution in [0.5, 0.6) is 0 Å². The third-order valence-electron chi connectivity index (χ3n) is 6.71. The van der Waals surface area contributed by atoms with Crippen LogP contribution in [0.2, 0.25) is 0 Å². The Kier molecular flexibility index (Phi) is 8.46. The maximum Gasteiger partial charge on any atom is 0.326 e. The number of nitrogens with zero attached hydrogens (tertiary/aromatic N) is 3. The molecule has 0 radical (unpaired) electrons. The van der Waals surface area contributed by atoms with Gasteiger partial charge in [0.25, 0.3) is 5.56 Å². The molecule has 1 saturated heterocycles. The number of carbonyl (C=O) groups excluding carboxylic acids is 1. The minimum atomic E-state index is -0.899. The number of rotatable bonds is 9. The van der Waals surface area contributed by atoms with Gasteiger partial charge in [-0.3, -0.25) is 14.9 Å². The lowest BCUT2D eigenvalue weighted by Crippen LogP contribution is -2.46. The van der Waals surface area contributed by atoms with Crippen LogP contribution in [0.1, 0.15) is 51.2 Å². The van der Waals surface area contributed by atoms with Crippen molar-refractivity contribution in [2.75, 3.05) is 6.61 Å². The topological polar surface area (TPSA) is 108 Å². The van der Waals surface area contributed by atoms with Gasteiger partial charge in [0.15, 0.2) is 0 Å². The number of ether oxygens (including phenoxy) is 2. The third-order valence-corrected chi connectivity index (χ3v) is 6.71. The number of aryl methyl sites for hydroxylation is 2. The van der Waals surface area contributed by atoms with Gasteiger partial charge >= 0.3 is 5.97 Å². The van der Waals surface area contributed by atoms with Crippen LogP contribution in [-0.2, 0) is 34.4 Å². The Bertz CT molecular complexity index is 1280. The second-order valence-corrected chi connectivity index (χ2v) is 10.3. The molecule has 1 aliphatic rings. The molecule has 0 saturated carbocycles. The maximum absolute atomic E-state index is 12.4. The van der Waals surface area contributed by atoms with Gasteiger partial charge < -0.3 is 23.7 Å². The molecule has 9 heteroatoms. The molecule has 3 heterocycles. The molecule has 3 aromatic rings. The van der Waals surface area contributed by atoms with E-state index in [1.165, 1.54) is 0 Å². The number of hydrogen-bond donors (Lipinski definition) is 2. The molecule has 2 aromatic heterocycles. The van der Waals surface area contributed by atoms with E-state index in [-0.39, 0.29) is 17.8 Å². The number of imidazole rings is 1. The molecule has 0 bridgehead atoms. The molecule has 2 N–H and O–H groups in total. The minimum Gasteiger partial charge on any atom is -0.462 e. The van der Waals surface area contributed by atoms with Crippen molar-refractivity contribution in [2.24, 2.45) is 7.05 Å². The Balaban J connectivity index is 1.67. The van der Waals surface area contributed by atoms with Crippen LogP contribution < -0.4 is 10.9 Å². The highest BCUT2D eigenvalue weighted by molar-refractivity contribution is 5.81. The number of fused-ring (bicyclic) bond motifs is 1. The summed E-state index contributed by atoms with van der Waals surface area (Å²) in [5.41, 5.74) is 4.23. The monoisotopic (exact) mass is 510 g/mol. The first-order valence-corrected chi connectivity index (χ1v) is 13.0. The number of aliphatic hydroxyl groups excluding tert-OH is 1. The molecular formula is C28H38N4O5. The van der Waals surface area contributed by atoms with Gasteiger partial charge in [-0.1, -0.05) is 6.07 Å². The van der Waals surface area contributed by atoms with Gasteiger partial charge in [0.2, 0.25) is 0 Å². The number of benzene rings is 1. The van der Waals surface area contributed by atoms with Crippen LogP contribution in [0.25, 0.3) is 22.4 Å². The number of nitrogens with one attached hydrogen (secondary N) is 1. The maximum atomic E-state index is 12.4. The molecule has 1 aromatic carbocycles. The van der Waals surface area contributed by atoms with Crippen LogP contribution in [0.3, 0.4) is 0 Å². The van der Waals surface area contributed by atoms with Gasteiger partial charge in [-0.2, -0.15) is 0 Å². The number of pyridine rings is 1. The van der Waals surface area contributed by atoms with Gasteiger partial charge in [-0.05, 0) is 70.7 Å². The highest BCUT2D eigenvalue weighted by Crippen LogP contribution is 2.28. The molecule has 37 heavy (non-hydrogen) atoms. The molecule has 200 valence electrons. The zero-order valence-electron chi connectivity index (χ0n) is 22.4. The summed E-state index contributed by atoms with van der Waals surface area (Å²) in [7, 11) is 1.75. The summed E-state index contributed by atoms with van der Waals surface area (Å²) in [6, 6.07) is 7.08. The fourth-order valence-corrected chi connectivity index (χ4v) is 4.83. The van der Waals surface area contributed by atoms with E-state index in [0.29, 0.717) is 18.7 Å². The summed E-state index contributed by atoms with van der Waals surface area (Å²) in [5.74, 6) is 0.311. The highest BCUT2D eigenvalue weighted by Gasteiger charge is 2.26. The summed E-state index contributed by atoms with van der Waals surface area (Å²) in [6.45, 7) is 8.76. The lowest BCUT2D eigenvalue weighted by atomic mass is 10.1. The Morgan fingerprint density at radius 3 is 2.70 bits per heavy atom. The highest BCUT2D eigenvalue weighted by atomic mass is 16.5. The van der Waals surface area contributed by atoms with Gasteiger partial charge in [0.05, 0.1) is 35.9 Å². The molecule has 3 atom stereocenters. The largest absolute Gasteiger partial charge is 0.462 e. The summed E-state index contributed by atoms with van der Waals surface area (Å²) < 4.78 is 15.1. The van der Waals surface area contributed by atoms with Gasteiger partial charge in [0, 0.05) is 37.5 Å². The van der Waals surface area contributed by atoms with E-state index in [4.69, 9.17) is 14.5 Å². The Morgan fingerprint density at radius 2 is 2.05 bits per heavy atom. The number of esters is 1. The quantitative estimate of drug-likeness (QED) is 0.426. The Labute approximate surface area is 217 Å². The molecule has 0 amide bonds. The lowest BCUT2D eigenvalue weighted by Gasteiger charge is -2.24. The number of carbonyl (C=O) groups is 1. The van der Waals surface area contributed by atoms with Crippen molar-refractivity contribution < 1.29 is 19.4 Å². The minimum absolute atomic E-state index is 0.0287. The molecule has 0 aliphatic carbocycles. The van der Waals surface area contributed by atoms with E-state index in [2.05, 4.69) is 9.88 Å². The van der Waals surface area contributed by atoms with Crippen molar-refractivity contribution in [2.45, 2.75) is 84.4 Å². The fourth-order valence-electron chi connectivity index (χ4n) is 4.83. The molecular weight excluding hydrogens is 472 g/mol. The summed E-state index contributed by atoms with van der Waals surface area (Å²) in [5, 5.41) is 13.2. The lowest BCUT2D eigenvalue weighted by molar-refractivity contribution is -0.152. The van der Waals surface area contributed by atoms with Crippen LogP contribution in [0.15, 0.2) is 35.3 Å². The number of hydrogen-bond acceptors (Lipinski definition) is 7. The first-order chi connectivity index (χ1) is 17.6. The van der Waals surface area contributed by atoms with Crippen LogP contribution in [0.4, 0.5) is 0 Å². The van der Waals surface area contributed by atoms with Crippen molar-refractivity contribution in [1.82, 2.24) is 19.4 Å². The summed E-state index contributed by atoms with van der Waals surface area (Å²) in [4.78, 5) is 29.7. The molecule has 0 spiro atoms. The van der Waals surface area contributed by atoms with E-state index in [9.17, 15) is 14.7 Å². The van der Waals surface area contributed by atoms with E-state index in [1.807, 2.05) is 37.4 Å². The number of aromatic nitrogens is 3. The molecule has 9 nitrogen and oxygen atoms in total. The third kappa shape index (κ3) is 6.29. The van der Waals surface area contributed by atoms with Crippen molar-refractivity contribution in [1.29, 1.82) is 0 Å². The van der Waals surface area contributed by atoms with E-state index in [1.54, 1.807) is 32.4 Å². The predicted molar refractivity (Wildman–Crippen MR) is 142 cm³/mol. The molecule has 1 unspecified atom stereocenters. The molecule has 1 fully saturated rings. The van der Waals surface area contributed by atoms with Crippen LogP contribution in [-0.4, -0.2) is 56.2 Å². The van der Waals surface area contributed by atoms with E-state index >= 15 is 0 Å². The Hall–Kier alpha value is -3.01. The SMILES string of the molecule is Cc1cc(-c2nc3cc(CN[C@H](C(=O)OC(C)C)[C@@H](C)O)ccc3n2CC2CCCCO2)cn(C)c1=O. The first kappa shape index (κ1) is 27.0. The van der Waals surface area contributed by atoms with Crippen LogP contribution in [0, 0.1) is 6.92 Å². The Morgan fingerprint density at radius 1 is 1.27 bits per heavy atom. The van der Waals surface area contributed by atoms with Gasteiger partial charge in [-0.15, -0.1) is 0 Å². The van der Waals surface area contributed by atoms with E-state index in [0.717, 1.165) is 53.9 Å². The molecule has 4 rings (SSSR count). The first-order valence-electron chi connectivity index (χ1n) is 13.0. The average Bonchev–Trinajstić information content (AvgIpc) is 3.19. The normalized spacial score (nSPS) is 17.8. The summed E-state index contributed by atoms with van der Waals surface area (Å²) >= 11 is 0. The predicted octanol–water partition coefficient (Wildman–Crippen LogP) is 3.07. The smallest absolute Gasteiger partial charge is 0.326 e. The van der Waals surface area contributed by atoms with Crippen molar-refractivity contribution in [3.8, 4) is 11.4 Å². The van der Waals surface area contributed by atoms with Crippen molar-refractivity contribution in [3.63, 3.8) is 0 Å². The second-order valence-electron chi connectivity index (χ2n) is 10.3. The van der Waals surface area contributed by atoms with Gasteiger partial charge in [0.1, 0.15) is 11.9 Å². The average molecular weight is 511 g/mol. The zero-order valence-corrected chi connectivity index (χ0v) is 22.4. The van der Waals surface area contributed by atoms with E-state index < -0.39 is 18.1 Å². The standard InChI is InChI=1S/C28H38N4O5/c1-17(2)37-28(35)25(19(4)33)29-14-20-9-10-24-23(13-20)30-26(21-12-18(3)27(34)31(5)15-21)32(24)16-22-8-6-7-11-36-22/h9-10,12-13,15,17,19,22,25,29,33H,6-8,11,14,16H2,1-5H3/t19-,22?,25+/m1/s1. The van der Waals surface area contributed by atoms with Crippen molar-refractivity contribution >= 4 is 17.0 Å².